The Labute approximate surface area is 153 Å². The number of nitrogens with zero attached hydrogens (tertiary/aromatic N) is 4. The number of carbonyl (C=O) groups excluding carboxylic acids is 1. The van der Waals surface area contributed by atoms with Gasteiger partial charge in [0.1, 0.15) is 5.82 Å². The van der Waals surface area contributed by atoms with E-state index in [2.05, 4.69) is 27.2 Å². The number of esters is 1. The topological polar surface area (TPSA) is 103 Å². The van der Waals surface area contributed by atoms with E-state index in [0.29, 0.717) is 23.4 Å². The summed E-state index contributed by atoms with van der Waals surface area (Å²) in [5.41, 5.74) is 1.18. The summed E-state index contributed by atoms with van der Waals surface area (Å²) in [6.07, 6.45) is 4.80. The molecule has 2 rings (SSSR count). The fourth-order valence-corrected chi connectivity index (χ4v) is 2.34. The van der Waals surface area contributed by atoms with Crippen LogP contribution < -0.4 is 5.56 Å². The van der Waals surface area contributed by atoms with Crippen LogP contribution in [0.25, 0.3) is 0 Å². The van der Waals surface area contributed by atoms with Gasteiger partial charge < -0.3 is 9.72 Å². The predicted molar refractivity (Wildman–Crippen MR) is 96.6 cm³/mol. The molecule has 0 amide bonds. The molecular formula is C18H27N5O3. The van der Waals surface area contributed by atoms with E-state index in [4.69, 9.17) is 4.74 Å². The smallest absolute Gasteiger partial charge is 0.313 e. The highest BCUT2D eigenvalue weighted by Gasteiger charge is 2.23. The summed E-state index contributed by atoms with van der Waals surface area (Å²) in [6, 6.07) is 0. The molecule has 0 atom stereocenters. The molecule has 0 fully saturated rings. The Morgan fingerprint density at radius 3 is 2.69 bits per heavy atom. The third kappa shape index (κ3) is 5.24. The van der Waals surface area contributed by atoms with Crippen LogP contribution in [-0.2, 0) is 29.1 Å². The van der Waals surface area contributed by atoms with Crippen molar-refractivity contribution >= 4 is 5.97 Å². The Morgan fingerprint density at radius 1 is 1.35 bits per heavy atom. The molecule has 1 N–H and O–H groups in total. The van der Waals surface area contributed by atoms with Crippen LogP contribution in [0.15, 0.2) is 11.0 Å². The van der Waals surface area contributed by atoms with Crippen LogP contribution >= 0.6 is 0 Å². The number of rotatable bonds is 7. The van der Waals surface area contributed by atoms with Crippen LogP contribution in [0.5, 0.6) is 0 Å². The summed E-state index contributed by atoms with van der Waals surface area (Å²) in [4.78, 5) is 31.5. The Kier molecular flexibility index (Phi) is 6.28. The Morgan fingerprint density at radius 2 is 2.08 bits per heavy atom. The quantitative estimate of drug-likeness (QED) is 0.758. The average Bonchev–Trinajstić information content (AvgIpc) is 3.00. The lowest BCUT2D eigenvalue weighted by Crippen LogP contribution is -2.24. The summed E-state index contributed by atoms with van der Waals surface area (Å²) < 4.78 is 6.63. The lowest BCUT2D eigenvalue weighted by atomic mass is 9.98. The molecule has 8 heteroatoms. The van der Waals surface area contributed by atoms with Gasteiger partial charge in [-0.2, -0.15) is 0 Å². The zero-order chi connectivity index (χ0) is 19.3. The second-order valence-corrected chi connectivity index (χ2v) is 7.42. The second-order valence-electron chi connectivity index (χ2n) is 7.42. The molecule has 0 spiro atoms. The van der Waals surface area contributed by atoms with E-state index >= 15 is 0 Å². The van der Waals surface area contributed by atoms with Crippen molar-refractivity contribution < 1.29 is 9.53 Å². The van der Waals surface area contributed by atoms with Crippen molar-refractivity contribution in [2.75, 3.05) is 0 Å². The van der Waals surface area contributed by atoms with Gasteiger partial charge in [0, 0.05) is 24.1 Å². The van der Waals surface area contributed by atoms with Gasteiger partial charge in [-0.05, 0) is 34.1 Å². The molecule has 2 heterocycles. The standard InChI is InChI=1S/C18H27N5O3/c1-6-7-8-15-19-12(2)14(16(24)20-15)9-13-10-23(22-21-13)11-26-17(25)18(3,4)5/h10H,6-9,11H2,1-5H3,(H,19,20,24). The number of H-pyrrole nitrogens is 1. The monoisotopic (exact) mass is 361 g/mol. The van der Waals surface area contributed by atoms with Gasteiger partial charge >= 0.3 is 5.97 Å². The Hall–Kier alpha value is -2.51. The minimum absolute atomic E-state index is 0.00729. The van der Waals surface area contributed by atoms with E-state index in [1.54, 1.807) is 27.0 Å². The van der Waals surface area contributed by atoms with Crippen LogP contribution in [0.4, 0.5) is 0 Å². The molecule has 0 aromatic carbocycles. The van der Waals surface area contributed by atoms with Gasteiger partial charge in [0.15, 0.2) is 6.73 Å². The molecule has 0 aliphatic rings. The molecule has 0 unspecified atom stereocenters. The van der Waals surface area contributed by atoms with E-state index in [1.807, 2.05) is 6.92 Å². The Balaban J connectivity index is 2.05. The number of hydrogen-bond donors (Lipinski definition) is 1. The molecule has 0 aliphatic heterocycles. The lowest BCUT2D eigenvalue weighted by molar-refractivity contribution is -0.157. The molecule has 0 saturated carbocycles. The maximum Gasteiger partial charge on any atom is 0.313 e. The summed E-state index contributed by atoms with van der Waals surface area (Å²) in [5.74, 6) is 0.407. The van der Waals surface area contributed by atoms with Gasteiger partial charge in [-0.1, -0.05) is 18.6 Å². The minimum Gasteiger partial charge on any atom is -0.442 e. The number of aromatic amines is 1. The van der Waals surface area contributed by atoms with Gasteiger partial charge in [-0.25, -0.2) is 9.67 Å². The van der Waals surface area contributed by atoms with Crippen molar-refractivity contribution in [2.45, 2.75) is 67.0 Å². The molecule has 142 valence electrons. The van der Waals surface area contributed by atoms with Crippen molar-refractivity contribution in [1.82, 2.24) is 25.0 Å². The molecule has 2 aromatic rings. The first-order chi connectivity index (χ1) is 12.2. The molecule has 8 nitrogen and oxygen atoms in total. The number of ether oxygens (including phenoxy) is 1. The highest BCUT2D eigenvalue weighted by atomic mass is 16.5. The predicted octanol–water partition coefficient (Wildman–Crippen LogP) is 2.15. The van der Waals surface area contributed by atoms with Crippen LogP contribution in [0.1, 0.15) is 63.3 Å². The number of hydrogen-bond acceptors (Lipinski definition) is 6. The van der Waals surface area contributed by atoms with Crippen molar-refractivity contribution in [3.8, 4) is 0 Å². The van der Waals surface area contributed by atoms with Gasteiger partial charge in [0.05, 0.1) is 17.3 Å². The van der Waals surface area contributed by atoms with Gasteiger partial charge in [-0.15, -0.1) is 5.10 Å². The van der Waals surface area contributed by atoms with E-state index in [0.717, 1.165) is 25.1 Å². The summed E-state index contributed by atoms with van der Waals surface area (Å²) in [6.45, 7) is 9.28. The number of aryl methyl sites for hydroxylation is 2. The first-order valence-corrected chi connectivity index (χ1v) is 8.85. The largest absolute Gasteiger partial charge is 0.442 e. The van der Waals surface area contributed by atoms with Crippen molar-refractivity contribution in [1.29, 1.82) is 0 Å². The maximum atomic E-state index is 12.3. The highest BCUT2D eigenvalue weighted by molar-refractivity contribution is 5.75. The Bertz CT molecular complexity index is 817. The molecule has 0 bridgehead atoms. The molecular weight excluding hydrogens is 334 g/mol. The average molecular weight is 361 g/mol. The maximum absolute atomic E-state index is 12.3. The van der Waals surface area contributed by atoms with E-state index in [9.17, 15) is 9.59 Å². The molecule has 0 radical (unpaired) electrons. The van der Waals surface area contributed by atoms with Crippen LogP contribution in [-0.4, -0.2) is 30.9 Å². The fourth-order valence-electron chi connectivity index (χ4n) is 2.34. The highest BCUT2D eigenvalue weighted by Crippen LogP contribution is 2.15. The molecule has 2 aromatic heterocycles. The van der Waals surface area contributed by atoms with Crippen LogP contribution in [0.2, 0.25) is 0 Å². The van der Waals surface area contributed by atoms with E-state index < -0.39 is 5.41 Å². The normalized spacial score (nSPS) is 11.6. The summed E-state index contributed by atoms with van der Waals surface area (Å²) in [7, 11) is 0. The van der Waals surface area contributed by atoms with Gasteiger partial charge in [-0.3, -0.25) is 9.59 Å². The zero-order valence-corrected chi connectivity index (χ0v) is 16.1. The SMILES string of the molecule is CCCCc1nc(C)c(Cc2cn(COC(=O)C(C)(C)C)nn2)c(=O)[nH]1. The van der Waals surface area contributed by atoms with Crippen LogP contribution in [0.3, 0.4) is 0 Å². The van der Waals surface area contributed by atoms with Gasteiger partial charge in [0.25, 0.3) is 5.56 Å². The molecule has 0 aliphatic carbocycles. The summed E-state index contributed by atoms with van der Waals surface area (Å²) in [5, 5.41) is 7.99. The van der Waals surface area contributed by atoms with Crippen LogP contribution in [0, 0.1) is 12.3 Å². The second kappa shape index (κ2) is 8.25. The zero-order valence-electron chi connectivity index (χ0n) is 16.1. The first-order valence-electron chi connectivity index (χ1n) is 8.85. The van der Waals surface area contributed by atoms with Crippen molar-refractivity contribution in [2.24, 2.45) is 5.41 Å². The summed E-state index contributed by atoms with van der Waals surface area (Å²) >= 11 is 0. The van der Waals surface area contributed by atoms with E-state index in [-0.39, 0.29) is 18.3 Å². The number of aromatic nitrogens is 5. The lowest BCUT2D eigenvalue weighted by Gasteiger charge is -2.15. The van der Waals surface area contributed by atoms with Gasteiger partial charge in [0.2, 0.25) is 0 Å². The minimum atomic E-state index is -0.570. The molecule has 26 heavy (non-hydrogen) atoms. The fraction of sp³-hybridized carbons (Fsp3) is 0.611. The third-order valence-corrected chi connectivity index (χ3v) is 3.92. The number of carbonyl (C=O) groups is 1. The van der Waals surface area contributed by atoms with E-state index in [1.165, 1.54) is 4.68 Å². The van der Waals surface area contributed by atoms with Crippen molar-refractivity contribution in [3.63, 3.8) is 0 Å². The first kappa shape index (κ1) is 19.8. The number of unbranched alkanes of at least 4 members (excludes halogenated alkanes) is 1. The number of nitrogens with one attached hydrogen (secondary N) is 1. The third-order valence-electron chi connectivity index (χ3n) is 3.92. The van der Waals surface area contributed by atoms with Crippen molar-refractivity contribution in [3.05, 3.63) is 39.3 Å². The molecule has 0 saturated heterocycles.